The number of benzene rings is 3. The molecule has 3 heteroatoms. The number of para-hydroxylation sites is 2. The van der Waals surface area contributed by atoms with E-state index in [0.717, 1.165) is 17.1 Å². The van der Waals surface area contributed by atoms with Gasteiger partial charge in [-0.1, -0.05) is 42.5 Å². The molecule has 1 heterocycles. The Kier molecular flexibility index (Phi) is 4.05. The fourth-order valence-electron chi connectivity index (χ4n) is 2.77. The van der Waals surface area contributed by atoms with Gasteiger partial charge in [0.2, 0.25) is 0 Å². The van der Waals surface area contributed by atoms with Crippen LogP contribution in [0.25, 0.3) is 6.08 Å². The third-order valence-electron chi connectivity index (χ3n) is 3.98. The Morgan fingerprint density at radius 2 is 1.60 bits per heavy atom. The van der Waals surface area contributed by atoms with Gasteiger partial charge in [0.1, 0.15) is 23.9 Å². The van der Waals surface area contributed by atoms with Gasteiger partial charge in [-0.2, -0.15) is 0 Å². The first kappa shape index (κ1) is 15.2. The molecule has 4 rings (SSSR count). The summed E-state index contributed by atoms with van der Waals surface area (Å²) < 4.78 is 11.5. The first-order valence-electron chi connectivity index (χ1n) is 8.10. The maximum absolute atomic E-state index is 12.6. The molecular formula is C22H16O3. The molecule has 0 aromatic heterocycles. The van der Waals surface area contributed by atoms with Crippen molar-refractivity contribution >= 4 is 11.9 Å². The highest BCUT2D eigenvalue weighted by Crippen LogP contribution is 2.28. The predicted molar refractivity (Wildman–Crippen MR) is 97.2 cm³/mol. The van der Waals surface area contributed by atoms with Crippen molar-refractivity contribution in [1.29, 1.82) is 0 Å². The fraction of sp³-hybridized carbons (Fsp3) is 0.0455. The van der Waals surface area contributed by atoms with E-state index >= 15 is 0 Å². The van der Waals surface area contributed by atoms with E-state index in [0.29, 0.717) is 16.9 Å². The largest absolute Gasteiger partial charge is 0.488 e. The van der Waals surface area contributed by atoms with Gasteiger partial charge in [0.25, 0.3) is 0 Å². The summed E-state index contributed by atoms with van der Waals surface area (Å²) in [5.74, 6) is 2.16. The van der Waals surface area contributed by atoms with Gasteiger partial charge in [-0.3, -0.25) is 4.79 Å². The molecule has 0 unspecified atom stereocenters. The fourth-order valence-corrected chi connectivity index (χ4v) is 2.77. The molecule has 0 spiro atoms. The number of ketones is 1. The van der Waals surface area contributed by atoms with Crippen LogP contribution < -0.4 is 9.47 Å². The van der Waals surface area contributed by atoms with Crippen LogP contribution in [0.1, 0.15) is 15.9 Å². The number of hydrogen-bond acceptors (Lipinski definition) is 3. The second-order valence-electron chi connectivity index (χ2n) is 5.77. The van der Waals surface area contributed by atoms with E-state index in [9.17, 15) is 4.79 Å². The molecule has 1 aliphatic heterocycles. The molecule has 0 saturated carbocycles. The summed E-state index contributed by atoms with van der Waals surface area (Å²) in [5.41, 5.74) is 2.15. The second kappa shape index (κ2) is 6.65. The average Bonchev–Trinajstić information content (AvgIpc) is 2.65. The van der Waals surface area contributed by atoms with Gasteiger partial charge in [-0.05, 0) is 48.0 Å². The maximum Gasteiger partial charge on any atom is 0.196 e. The standard InChI is InChI=1S/C22H16O3/c23-22-17(15-24-21-12-5-4-11-20(21)22)13-16-7-6-10-19(14-16)25-18-8-2-1-3-9-18/h1-14H,15H2/b17-13-. The van der Waals surface area contributed by atoms with Crippen LogP contribution in [-0.2, 0) is 0 Å². The van der Waals surface area contributed by atoms with Crippen LogP contribution in [0, 0.1) is 0 Å². The van der Waals surface area contributed by atoms with Crippen LogP contribution in [0.15, 0.2) is 84.4 Å². The highest BCUT2D eigenvalue weighted by atomic mass is 16.5. The number of Topliss-reactive ketones (excluding diaryl/α,β-unsaturated/α-hetero) is 1. The Morgan fingerprint density at radius 1 is 0.840 bits per heavy atom. The van der Waals surface area contributed by atoms with Gasteiger partial charge in [0.15, 0.2) is 5.78 Å². The smallest absolute Gasteiger partial charge is 0.196 e. The lowest BCUT2D eigenvalue weighted by Gasteiger charge is -2.18. The Balaban J connectivity index is 1.60. The quantitative estimate of drug-likeness (QED) is 0.625. The second-order valence-corrected chi connectivity index (χ2v) is 5.77. The minimum atomic E-state index is 0.0104. The van der Waals surface area contributed by atoms with Crippen LogP contribution in [-0.4, -0.2) is 12.4 Å². The Hall–Kier alpha value is -3.33. The van der Waals surface area contributed by atoms with E-state index in [-0.39, 0.29) is 12.4 Å². The van der Waals surface area contributed by atoms with E-state index in [1.165, 1.54) is 0 Å². The number of fused-ring (bicyclic) bond motifs is 1. The van der Waals surface area contributed by atoms with Crippen molar-refractivity contribution in [2.24, 2.45) is 0 Å². The van der Waals surface area contributed by atoms with Gasteiger partial charge in [0.05, 0.1) is 5.56 Å². The van der Waals surface area contributed by atoms with Crippen molar-refractivity contribution in [3.05, 3.63) is 95.6 Å². The Bertz CT molecular complexity index is 942. The van der Waals surface area contributed by atoms with E-state index < -0.39 is 0 Å². The third-order valence-corrected chi connectivity index (χ3v) is 3.98. The topological polar surface area (TPSA) is 35.5 Å². The molecule has 122 valence electrons. The number of carbonyl (C=O) groups is 1. The molecule has 0 amide bonds. The summed E-state index contributed by atoms with van der Waals surface area (Å²) in [4.78, 5) is 12.6. The van der Waals surface area contributed by atoms with Crippen molar-refractivity contribution in [3.8, 4) is 17.2 Å². The molecule has 3 aromatic carbocycles. The number of ether oxygens (including phenoxy) is 2. The third kappa shape index (κ3) is 3.31. The monoisotopic (exact) mass is 328 g/mol. The zero-order chi connectivity index (χ0) is 17.1. The van der Waals surface area contributed by atoms with Crippen molar-refractivity contribution < 1.29 is 14.3 Å². The van der Waals surface area contributed by atoms with Crippen molar-refractivity contribution in [1.82, 2.24) is 0 Å². The van der Waals surface area contributed by atoms with Crippen LogP contribution in [0.5, 0.6) is 17.2 Å². The molecular weight excluding hydrogens is 312 g/mol. The molecule has 3 aromatic rings. The van der Waals surface area contributed by atoms with Gasteiger partial charge in [-0.25, -0.2) is 0 Å². The van der Waals surface area contributed by atoms with Crippen molar-refractivity contribution in [3.63, 3.8) is 0 Å². The molecule has 0 atom stereocenters. The highest BCUT2D eigenvalue weighted by Gasteiger charge is 2.22. The summed E-state index contributed by atoms with van der Waals surface area (Å²) in [6.07, 6.45) is 1.86. The molecule has 0 bridgehead atoms. The van der Waals surface area contributed by atoms with E-state index in [4.69, 9.17) is 9.47 Å². The Labute approximate surface area is 146 Å². The normalized spacial score (nSPS) is 14.7. The molecule has 0 radical (unpaired) electrons. The number of hydrogen-bond donors (Lipinski definition) is 0. The van der Waals surface area contributed by atoms with E-state index in [1.807, 2.05) is 78.9 Å². The predicted octanol–water partition coefficient (Wildman–Crippen LogP) is 5.14. The molecule has 0 saturated heterocycles. The highest BCUT2D eigenvalue weighted by molar-refractivity contribution is 6.14. The zero-order valence-corrected chi connectivity index (χ0v) is 13.5. The molecule has 0 aliphatic carbocycles. The summed E-state index contributed by atoms with van der Waals surface area (Å²) >= 11 is 0. The lowest BCUT2D eigenvalue weighted by molar-refractivity contribution is 0.100. The van der Waals surface area contributed by atoms with Crippen molar-refractivity contribution in [2.75, 3.05) is 6.61 Å². The number of rotatable bonds is 3. The first-order valence-corrected chi connectivity index (χ1v) is 8.10. The summed E-state index contributed by atoms with van der Waals surface area (Å²) in [6.45, 7) is 0.277. The van der Waals surface area contributed by atoms with Crippen LogP contribution in [0.2, 0.25) is 0 Å². The molecule has 25 heavy (non-hydrogen) atoms. The maximum atomic E-state index is 12.6. The first-order chi connectivity index (χ1) is 12.3. The van der Waals surface area contributed by atoms with E-state index in [2.05, 4.69) is 0 Å². The summed E-state index contributed by atoms with van der Waals surface area (Å²) in [6, 6.07) is 24.6. The lowest BCUT2D eigenvalue weighted by atomic mass is 9.98. The lowest BCUT2D eigenvalue weighted by Crippen LogP contribution is -2.18. The minimum Gasteiger partial charge on any atom is -0.488 e. The molecule has 0 N–H and O–H groups in total. The summed E-state index contributed by atoms with van der Waals surface area (Å²) in [5, 5.41) is 0. The van der Waals surface area contributed by atoms with Gasteiger partial charge < -0.3 is 9.47 Å². The van der Waals surface area contributed by atoms with Crippen LogP contribution in [0.3, 0.4) is 0 Å². The van der Waals surface area contributed by atoms with Gasteiger partial charge in [0, 0.05) is 5.57 Å². The van der Waals surface area contributed by atoms with Gasteiger partial charge >= 0.3 is 0 Å². The molecule has 1 aliphatic rings. The minimum absolute atomic E-state index is 0.0104. The average molecular weight is 328 g/mol. The SMILES string of the molecule is O=C1/C(=C\c2cccc(Oc3ccccc3)c2)COc2ccccc21. The molecule has 3 nitrogen and oxygen atoms in total. The van der Waals surface area contributed by atoms with E-state index in [1.54, 1.807) is 6.07 Å². The zero-order valence-electron chi connectivity index (χ0n) is 13.5. The van der Waals surface area contributed by atoms with Gasteiger partial charge in [-0.15, -0.1) is 0 Å². The molecule has 0 fully saturated rings. The van der Waals surface area contributed by atoms with Crippen molar-refractivity contribution in [2.45, 2.75) is 0 Å². The number of carbonyl (C=O) groups excluding carboxylic acids is 1. The Morgan fingerprint density at radius 3 is 2.48 bits per heavy atom. The van der Waals surface area contributed by atoms with Crippen LogP contribution in [0.4, 0.5) is 0 Å². The van der Waals surface area contributed by atoms with Crippen LogP contribution >= 0.6 is 0 Å². The summed E-state index contributed by atoms with van der Waals surface area (Å²) in [7, 11) is 0.